The molecule has 1 aliphatic rings. The van der Waals surface area contributed by atoms with Crippen LogP contribution in [0.2, 0.25) is 0 Å². The SMILES string of the molecule is CCCCCCCC1CCC(CC)(CCCCCC)N1.N. The van der Waals surface area contributed by atoms with E-state index in [4.69, 9.17) is 0 Å². The molecule has 2 nitrogen and oxygen atoms in total. The number of rotatable bonds is 12. The quantitative estimate of drug-likeness (QED) is 0.411. The van der Waals surface area contributed by atoms with Gasteiger partial charge in [-0.05, 0) is 32.1 Å². The van der Waals surface area contributed by atoms with Crippen LogP contribution in [0.3, 0.4) is 0 Å². The maximum atomic E-state index is 4.02. The summed E-state index contributed by atoms with van der Waals surface area (Å²) in [6, 6.07) is 0.822. The molecule has 1 heterocycles. The first-order valence-electron chi connectivity index (χ1n) is 9.54. The van der Waals surface area contributed by atoms with Crippen LogP contribution in [0, 0.1) is 0 Å². The first-order chi connectivity index (χ1) is 9.76. The van der Waals surface area contributed by atoms with Crippen LogP contribution in [0.5, 0.6) is 0 Å². The third-order valence-electron chi connectivity index (χ3n) is 5.32. The van der Waals surface area contributed by atoms with Crippen LogP contribution < -0.4 is 11.5 Å². The van der Waals surface area contributed by atoms with Crippen LogP contribution in [-0.2, 0) is 0 Å². The first kappa shape index (κ1) is 20.9. The van der Waals surface area contributed by atoms with Crippen molar-refractivity contribution in [3.8, 4) is 0 Å². The van der Waals surface area contributed by atoms with Gasteiger partial charge in [-0.1, -0.05) is 78.6 Å². The van der Waals surface area contributed by atoms with E-state index in [1.165, 1.54) is 89.9 Å². The molecule has 0 aromatic heterocycles. The molecule has 2 atom stereocenters. The van der Waals surface area contributed by atoms with Gasteiger partial charge in [-0.25, -0.2) is 0 Å². The average molecular weight is 299 g/mol. The fourth-order valence-corrected chi connectivity index (χ4v) is 3.78. The van der Waals surface area contributed by atoms with Crippen molar-refractivity contribution >= 4 is 0 Å². The Kier molecular flexibility index (Phi) is 12.4. The highest BCUT2D eigenvalue weighted by atomic mass is 15.0. The first-order valence-corrected chi connectivity index (χ1v) is 9.54. The van der Waals surface area contributed by atoms with Crippen molar-refractivity contribution in [2.24, 2.45) is 0 Å². The van der Waals surface area contributed by atoms with Crippen molar-refractivity contribution < 1.29 is 0 Å². The van der Waals surface area contributed by atoms with Crippen LogP contribution in [0.25, 0.3) is 0 Å². The molecule has 1 fully saturated rings. The normalized spacial score (nSPS) is 25.0. The predicted molar refractivity (Wildman–Crippen MR) is 96.3 cm³/mol. The summed E-state index contributed by atoms with van der Waals surface area (Å²) in [6.07, 6.45) is 19.8. The summed E-state index contributed by atoms with van der Waals surface area (Å²) in [5.41, 5.74) is 0.502. The minimum absolute atomic E-state index is 0. The van der Waals surface area contributed by atoms with Crippen LogP contribution in [0.15, 0.2) is 0 Å². The second kappa shape index (κ2) is 12.5. The molecule has 1 rings (SSSR count). The molecule has 0 bridgehead atoms. The molecule has 0 aliphatic carbocycles. The second-order valence-electron chi connectivity index (χ2n) is 7.03. The van der Waals surface area contributed by atoms with Gasteiger partial charge < -0.3 is 11.5 Å². The third-order valence-corrected chi connectivity index (χ3v) is 5.32. The maximum absolute atomic E-state index is 4.02. The van der Waals surface area contributed by atoms with E-state index < -0.39 is 0 Å². The van der Waals surface area contributed by atoms with Gasteiger partial charge in [0.05, 0.1) is 0 Å². The Bertz CT molecular complexity index is 230. The summed E-state index contributed by atoms with van der Waals surface area (Å²) in [4.78, 5) is 0. The standard InChI is InChI=1S/C19H39N.H3N/c1-4-7-9-11-12-14-18-15-17-19(6-3,20-18)16-13-10-8-5-2;/h18,20H,4-17H2,1-3H3;1H3. The summed E-state index contributed by atoms with van der Waals surface area (Å²) >= 11 is 0. The van der Waals surface area contributed by atoms with Crippen LogP contribution >= 0.6 is 0 Å². The highest BCUT2D eigenvalue weighted by molar-refractivity contribution is 4.96. The zero-order valence-corrected chi connectivity index (χ0v) is 15.2. The number of unbranched alkanes of at least 4 members (excludes halogenated alkanes) is 7. The van der Waals surface area contributed by atoms with E-state index in [0.717, 1.165) is 6.04 Å². The Hall–Kier alpha value is -0.0800. The maximum Gasteiger partial charge on any atom is 0.0182 e. The summed E-state index contributed by atoms with van der Waals surface area (Å²) < 4.78 is 0. The molecular weight excluding hydrogens is 256 g/mol. The summed E-state index contributed by atoms with van der Waals surface area (Å²) in [5.74, 6) is 0. The van der Waals surface area contributed by atoms with Gasteiger partial charge in [-0.2, -0.15) is 0 Å². The van der Waals surface area contributed by atoms with Crippen molar-refractivity contribution in [1.29, 1.82) is 0 Å². The predicted octanol–water partition coefficient (Wildman–Crippen LogP) is 6.38. The Morgan fingerprint density at radius 3 is 2.10 bits per heavy atom. The van der Waals surface area contributed by atoms with Crippen molar-refractivity contribution in [2.75, 3.05) is 0 Å². The number of hydrogen-bond donors (Lipinski definition) is 2. The van der Waals surface area contributed by atoms with Gasteiger partial charge in [-0.3, -0.25) is 0 Å². The minimum atomic E-state index is 0. The van der Waals surface area contributed by atoms with Gasteiger partial charge in [0, 0.05) is 11.6 Å². The van der Waals surface area contributed by atoms with Crippen molar-refractivity contribution in [3.05, 3.63) is 0 Å². The molecule has 0 saturated carbocycles. The van der Waals surface area contributed by atoms with E-state index in [1.54, 1.807) is 0 Å². The molecule has 1 aliphatic heterocycles. The number of hydrogen-bond acceptors (Lipinski definition) is 2. The molecule has 0 aromatic rings. The van der Waals surface area contributed by atoms with E-state index in [9.17, 15) is 0 Å². The van der Waals surface area contributed by atoms with Gasteiger partial charge in [-0.15, -0.1) is 0 Å². The third kappa shape index (κ3) is 8.21. The second-order valence-corrected chi connectivity index (χ2v) is 7.03. The fraction of sp³-hybridized carbons (Fsp3) is 1.00. The van der Waals surface area contributed by atoms with E-state index in [2.05, 4.69) is 26.1 Å². The number of nitrogens with one attached hydrogen (secondary N) is 1. The molecule has 21 heavy (non-hydrogen) atoms. The molecule has 0 aromatic carbocycles. The van der Waals surface area contributed by atoms with Gasteiger partial charge in [0.15, 0.2) is 0 Å². The largest absolute Gasteiger partial charge is 0.344 e. The fourth-order valence-electron chi connectivity index (χ4n) is 3.78. The Morgan fingerprint density at radius 1 is 0.857 bits per heavy atom. The molecule has 0 amide bonds. The molecule has 0 spiro atoms. The van der Waals surface area contributed by atoms with E-state index in [1.807, 2.05) is 0 Å². The summed E-state index contributed by atoms with van der Waals surface area (Å²) in [6.45, 7) is 6.99. The van der Waals surface area contributed by atoms with Crippen molar-refractivity contribution in [2.45, 2.75) is 122 Å². The lowest BCUT2D eigenvalue weighted by molar-refractivity contribution is 0.303. The monoisotopic (exact) mass is 298 g/mol. The molecule has 2 unspecified atom stereocenters. The van der Waals surface area contributed by atoms with Crippen LogP contribution in [0.4, 0.5) is 0 Å². The summed E-state index contributed by atoms with van der Waals surface area (Å²) in [7, 11) is 0. The molecule has 4 N–H and O–H groups in total. The zero-order valence-electron chi connectivity index (χ0n) is 15.2. The molecule has 1 saturated heterocycles. The highest BCUT2D eigenvalue weighted by Crippen LogP contribution is 2.33. The van der Waals surface area contributed by atoms with Crippen LogP contribution in [0.1, 0.15) is 111 Å². The lowest BCUT2D eigenvalue weighted by Crippen LogP contribution is -2.42. The zero-order chi connectivity index (χ0) is 14.7. The topological polar surface area (TPSA) is 47.0 Å². The van der Waals surface area contributed by atoms with Crippen molar-refractivity contribution in [3.63, 3.8) is 0 Å². The summed E-state index contributed by atoms with van der Waals surface area (Å²) in [5, 5.41) is 4.02. The van der Waals surface area contributed by atoms with Crippen molar-refractivity contribution in [1.82, 2.24) is 11.5 Å². The van der Waals surface area contributed by atoms with E-state index in [-0.39, 0.29) is 6.15 Å². The smallest absolute Gasteiger partial charge is 0.0182 e. The van der Waals surface area contributed by atoms with Gasteiger partial charge in [0.2, 0.25) is 0 Å². The van der Waals surface area contributed by atoms with Gasteiger partial charge in [0.25, 0.3) is 0 Å². The minimum Gasteiger partial charge on any atom is -0.344 e. The van der Waals surface area contributed by atoms with E-state index >= 15 is 0 Å². The molecular formula is C19H42N2. The average Bonchev–Trinajstić information content (AvgIpc) is 2.88. The molecule has 0 radical (unpaired) electrons. The molecule has 128 valence electrons. The lowest BCUT2D eigenvalue weighted by atomic mass is 9.88. The Labute approximate surface area is 134 Å². The lowest BCUT2D eigenvalue weighted by Gasteiger charge is -2.30. The Morgan fingerprint density at radius 2 is 1.48 bits per heavy atom. The van der Waals surface area contributed by atoms with Gasteiger partial charge in [0.1, 0.15) is 0 Å². The Balaban J connectivity index is 0.00000400. The highest BCUT2D eigenvalue weighted by Gasteiger charge is 2.35. The van der Waals surface area contributed by atoms with Crippen LogP contribution in [-0.4, -0.2) is 11.6 Å². The van der Waals surface area contributed by atoms with E-state index in [0.29, 0.717) is 5.54 Å². The van der Waals surface area contributed by atoms with Gasteiger partial charge >= 0.3 is 0 Å². The molecule has 2 heteroatoms.